The van der Waals surface area contributed by atoms with E-state index >= 15 is 0 Å². The van der Waals surface area contributed by atoms with Crippen molar-refractivity contribution in [2.24, 2.45) is 11.7 Å². The zero-order valence-corrected chi connectivity index (χ0v) is 17.4. The summed E-state index contributed by atoms with van der Waals surface area (Å²) in [5.74, 6) is -0.322. The molecule has 0 aromatic heterocycles. The van der Waals surface area contributed by atoms with E-state index < -0.39 is 0 Å². The van der Waals surface area contributed by atoms with Gasteiger partial charge in [-0.15, -0.1) is 0 Å². The van der Waals surface area contributed by atoms with Crippen molar-refractivity contribution in [3.05, 3.63) is 59.7 Å². The quantitative estimate of drug-likeness (QED) is 0.787. The lowest BCUT2D eigenvalue weighted by atomic mass is 9.95. The largest absolute Gasteiger partial charge is 0.369 e. The van der Waals surface area contributed by atoms with E-state index in [2.05, 4.69) is 62.4 Å². The number of primary amides is 1. The van der Waals surface area contributed by atoms with Crippen molar-refractivity contribution < 1.29 is 9.59 Å². The van der Waals surface area contributed by atoms with Crippen LogP contribution in [0.1, 0.15) is 24.5 Å². The fourth-order valence-corrected chi connectivity index (χ4v) is 4.06. The standard InChI is InChI=1S/C24H31N3O2/c1-3-11-27-13-12-26(17-23(25)28)16-22(24(27)29)15-19-7-9-20(10-8-19)21-6-4-5-18(2)14-21/h4-10,14,22H,3,11-13,15-17H2,1-2H3,(H2,25,28). The lowest BCUT2D eigenvalue weighted by Crippen LogP contribution is -2.38. The van der Waals surface area contributed by atoms with Crippen LogP contribution in [0.5, 0.6) is 0 Å². The predicted octanol–water partition coefficient (Wildman–Crippen LogP) is 2.86. The molecule has 1 unspecified atom stereocenters. The summed E-state index contributed by atoms with van der Waals surface area (Å²) in [5, 5.41) is 0. The van der Waals surface area contributed by atoms with Crippen LogP contribution in [0.3, 0.4) is 0 Å². The van der Waals surface area contributed by atoms with Crippen molar-refractivity contribution in [3.8, 4) is 11.1 Å². The maximum absolute atomic E-state index is 13.1. The van der Waals surface area contributed by atoms with Crippen LogP contribution in [0.2, 0.25) is 0 Å². The van der Waals surface area contributed by atoms with Crippen molar-refractivity contribution in [2.45, 2.75) is 26.7 Å². The van der Waals surface area contributed by atoms with Gasteiger partial charge in [-0.25, -0.2) is 0 Å². The number of hydrogen-bond acceptors (Lipinski definition) is 3. The van der Waals surface area contributed by atoms with Gasteiger partial charge in [0.15, 0.2) is 0 Å². The minimum atomic E-state index is -0.345. The Morgan fingerprint density at radius 3 is 2.52 bits per heavy atom. The average molecular weight is 394 g/mol. The highest BCUT2D eigenvalue weighted by atomic mass is 16.2. The molecule has 154 valence electrons. The van der Waals surface area contributed by atoms with Gasteiger partial charge in [-0.3, -0.25) is 14.5 Å². The third kappa shape index (κ3) is 5.67. The molecule has 0 radical (unpaired) electrons. The fraction of sp³-hybridized carbons (Fsp3) is 0.417. The summed E-state index contributed by atoms with van der Waals surface area (Å²) in [5.41, 5.74) is 10.1. The Morgan fingerprint density at radius 2 is 1.86 bits per heavy atom. The molecule has 29 heavy (non-hydrogen) atoms. The zero-order chi connectivity index (χ0) is 20.8. The number of carbonyl (C=O) groups excluding carboxylic acids is 2. The van der Waals surface area contributed by atoms with E-state index in [0.717, 1.165) is 18.5 Å². The smallest absolute Gasteiger partial charge is 0.231 e. The number of nitrogens with zero attached hydrogens (tertiary/aromatic N) is 2. The Kier molecular flexibility index (Phi) is 7.04. The molecule has 0 saturated carbocycles. The zero-order valence-electron chi connectivity index (χ0n) is 17.4. The Bertz CT molecular complexity index is 847. The van der Waals surface area contributed by atoms with E-state index in [0.29, 0.717) is 26.1 Å². The van der Waals surface area contributed by atoms with Crippen LogP contribution in [-0.4, -0.2) is 54.3 Å². The van der Waals surface area contributed by atoms with Crippen LogP contribution >= 0.6 is 0 Å². The predicted molar refractivity (Wildman–Crippen MR) is 116 cm³/mol. The molecule has 5 heteroatoms. The molecule has 0 bridgehead atoms. The van der Waals surface area contributed by atoms with Crippen LogP contribution in [0.25, 0.3) is 11.1 Å². The number of amides is 2. The Hall–Kier alpha value is -2.66. The van der Waals surface area contributed by atoms with Gasteiger partial charge in [-0.2, -0.15) is 0 Å². The SMILES string of the molecule is CCCN1CCN(CC(N)=O)CC(Cc2ccc(-c3cccc(C)c3)cc2)C1=O. The highest BCUT2D eigenvalue weighted by Crippen LogP contribution is 2.23. The van der Waals surface area contributed by atoms with E-state index in [-0.39, 0.29) is 24.3 Å². The number of benzene rings is 2. The second-order valence-corrected chi connectivity index (χ2v) is 7.99. The summed E-state index contributed by atoms with van der Waals surface area (Å²) in [4.78, 5) is 28.4. The number of aryl methyl sites for hydroxylation is 1. The average Bonchev–Trinajstić information content (AvgIpc) is 2.82. The molecule has 5 nitrogen and oxygen atoms in total. The molecular weight excluding hydrogens is 362 g/mol. The summed E-state index contributed by atoms with van der Waals surface area (Å²) in [6.45, 7) is 7.05. The van der Waals surface area contributed by atoms with Gasteiger partial charge >= 0.3 is 0 Å². The molecule has 0 spiro atoms. The highest BCUT2D eigenvalue weighted by molar-refractivity contribution is 5.80. The highest BCUT2D eigenvalue weighted by Gasteiger charge is 2.30. The van der Waals surface area contributed by atoms with Gasteiger partial charge in [0.2, 0.25) is 11.8 Å². The van der Waals surface area contributed by atoms with Gasteiger partial charge in [-0.1, -0.05) is 61.0 Å². The molecule has 0 aliphatic carbocycles. The second kappa shape index (κ2) is 9.70. The monoisotopic (exact) mass is 393 g/mol. The van der Waals surface area contributed by atoms with Crippen LogP contribution in [0.4, 0.5) is 0 Å². The van der Waals surface area contributed by atoms with Crippen molar-refractivity contribution in [1.29, 1.82) is 0 Å². The summed E-state index contributed by atoms with van der Waals surface area (Å²) >= 11 is 0. The van der Waals surface area contributed by atoms with Gasteiger partial charge in [0.25, 0.3) is 0 Å². The van der Waals surface area contributed by atoms with Crippen molar-refractivity contribution in [1.82, 2.24) is 9.80 Å². The van der Waals surface area contributed by atoms with Crippen molar-refractivity contribution in [2.75, 3.05) is 32.7 Å². The molecule has 1 aliphatic rings. The molecule has 2 amide bonds. The topological polar surface area (TPSA) is 66.6 Å². The summed E-state index contributed by atoms with van der Waals surface area (Å²) in [6, 6.07) is 16.9. The summed E-state index contributed by atoms with van der Waals surface area (Å²) in [6.07, 6.45) is 1.60. The first-order chi connectivity index (χ1) is 14.0. The molecule has 1 heterocycles. The van der Waals surface area contributed by atoms with Crippen LogP contribution < -0.4 is 5.73 Å². The first-order valence-corrected chi connectivity index (χ1v) is 10.4. The van der Waals surface area contributed by atoms with Crippen molar-refractivity contribution >= 4 is 11.8 Å². The van der Waals surface area contributed by atoms with Gasteiger partial charge in [-0.05, 0) is 36.5 Å². The number of nitrogens with two attached hydrogens (primary N) is 1. The Morgan fingerprint density at radius 1 is 1.10 bits per heavy atom. The van der Waals surface area contributed by atoms with E-state index in [1.807, 2.05) is 9.80 Å². The third-order valence-corrected chi connectivity index (χ3v) is 5.49. The Labute approximate surface area is 173 Å². The molecular formula is C24H31N3O2. The van der Waals surface area contributed by atoms with E-state index in [1.54, 1.807) is 0 Å². The molecule has 2 aromatic carbocycles. The number of hydrogen-bond donors (Lipinski definition) is 1. The van der Waals surface area contributed by atoms with E-state index in [1.165, 1.54) is 16.7 Å². The first kappa shape index (κ1) is 21.1. The molecule has 2 N–H and O–H groups in total. The molecule has 2 aromatic rings. The number of carbonyl (C=O) groups is 2. The van der Waals surface area contributed by atoms with Gasteiger partial charge in [0.1, 0.15) is 0 Å². The van der Waals surface area contributed by atoms with Gasteiger partial charge in [0.05, 0.1) is 12.5 Å². The lowest BCUT2D eigenvalue weighted by molar-refractivity contribution is -0.134. The van der Waals surface area contributed by atoms with Gasteiger partial charge < -0.3 is 10.6 Å². The normalized spacial score (nSPS) is 17.9. The van der Waals surface area contributed by atoms with Crippen LogP contribution in [0.15, 0.2) is 48.5 Å². The maximum Gasteiger partial charge on any atom is 0.231 e. The first-order valence-electron chi connectivity index (χ1n) is 10.4. The van der Waals surface area contributed by atoms with E-state index in [9.17, 15) is 9.59 Å². The Balaban J connectivity index is 1.76. The lowest BCUT2D eigenvalue weighted by Gasteiger charge is -2.23. The minimum absolute atomic E-state index is 0.159. The van der Waals surface area contributed by atoms with E-state index in [4.69, 9.17) is 5.73 Å². The summed E-state index contributed by atoms with van der Waals surface area (Å²) < 4.78 is 0. The van der Waals surface area contributed by atoms with Gasteiger partial charge in [0, 0.05) is 26.2 Å². The number of rotatable bonds is 7. The molecule has 1 atom stereocenters. The third-order valence-electron chi connectivity index (χ3n) is 5.49. The van der Waals surface area contributed by atoms with Crippen molar-refractivity contribution in [3.63, 3.8) is 0 Å². The van der Waals surface area contributed by atoms with Crippen LogP contribution in [-0.2, 0) is 16.0 Å². The minimum Gasteiger partial charge on any atom is -0.369 e. The maximum atomic E-state index is 13.1. The fourth-order valence-electron chi connectivity index (χ4n) is 4.06. The molecule has 1 saturated heterocycles. The second-order valence-electron chi connectivity index (χ2n) is 7.99. The molecule has 1 aliphatic heterocycles. The summed E-state index contributed by atoms with van der Waals surface area (Å²) in [7, 11) is 0. The molecule has 3 rings (SSSR count). The van der Waals surface area contributed by atoms with Crippen LogP contribution in [0, 0.1) is 12.8 Å². The molecule has 1 fully saturated rings.